The van der Waals surface area contributed by atoms with Crippen LogP contribution in [-0.4, -0.2) is 41.7 Å². The molecule has 1 aliphatic rings. The Balaban J connectivity index is 2.03. The predicted molar refractivity (Wildman–Crippen MR) is 54.0 cm³/mol. The van der Waals surface area contributed by atoms with Crippen LogP contribution in [0.4, 0.5) is 0 Å². The molecule has 1 unspecified atom stereocenters. The number of carbonyl (C=O) groups excluding carboxylic acids is 2. The lowest BCUT2D eigenvalue weighted by atomic mass is 10.2. The minimum Gasteiger partial charge on any atom is -0.460 e. The van der Waals surface area contributed by atoms with E-state index in [-0.39, 0.29) is 36.8 Å². The van der Waals surface area contributed by atoms with Crippen LogP contribution in [0.2, 0.25) is 0 Å². The van der Waals surface area contributed by atoms with E-state index in [0.717, 1.165) is 0 Å². The van der Waals surface area contributed by atoms with Crippen LogP contribution in [0.5, 0.6) is 0 Å². The van der Waals surface area contributed by atoms with Crippen molar-refractivity contribution in [3.05, 3.63) is 11.7 Å². The van der Waals surface area contributed by atoms with Gasteiger partial charge in [0, 0.05) is 6.54 Å². The summed E-state index contributed by atoms with van der Waals surface area (Å²) in [6.07, 6.45) is 0. The third-order valence-corrected chi connectivity index (χ3v) is 2.21. The number of amides is 1. The zero-order chi connectivity index (χ0) is 12.3. The van der Waals surface area contributed by atoms with Crippen LogP contribution < -0.4 is 10.6 Å². The number of nitrogens with zero attached hydrogens (tertiary/aromatic N) is 2. The molecule has 17 heavy (non-hydrogen) atoms. The molecule has 0 aliphatic carbocycles. The monoisotopic (exact) mass is 240 g/mol. The van der Waals surface area contributed by atoms with Gasteiger partial charge in [-0.2, -0.15) is 4.98 Å². The maximum Gasteiger partial charge on any atom is 0.379 e. The van der Waals surface area contributed by atoms with Gasteiger partial charge in [0.2, 0.25) is 11.8 Å². The SMILES string of the molecule is CCOC(=O)c1noc(C2CNC(=O)CN2)n1. The standard InChI is InChI=1S/C9H12N4O4/c1-2-16-9(15)7-12-8(17-13-7)5-3-11-6(14)4-10-5/h5,10H,2-4H2,1H3,(H,11,14). The summed E-state index contributed by atoms with van der Waals surface area (Å²) in [5.41, 5.74) is 0. The molecule has 1 aromatic rings. The fourth-order valence-corrected chi connectivity index (χ4v) is 1.40. The van der Waals surface area contributed by atoms with E-state index in [0.29, 0.717) is 6.54 Å². The number of piperazine rings is 1. The second-order valence-corrected chi connectivity index (χ2v) is 3.41. The summed E-state index contributed by atoms with van der Waals surface area (Å²) in [5, 5.41) is 9.07. The Hall–Kier alpha value is -1.96. The van der Waals surface area contributed by atoms with Crippen LogP contribution in [0.25, 0.3) is 0 Å². The highest BCUT2D eigenvalue weighted by molar-refractivity contribution is 5.84. The van der Waals surface area contributed by atoms with Crippen LogP contribution in [-0.2, 0) is 9.53 Å². The molecule has 1 saturated heterocycles. The van der Waals surface area contributed by atoms with E-state index in [1.54, 1.807) is 6.92 Å². The first-order chi connectivity index (χ1) is 8.20. The Morgan fingerprint density at radius 2 is 2.47 bits per heavy atom. The summed E-state index contributed by atoms with van der Waals surface area (Å²) in [5.74, 6) is -0.567. The van der Waals surface area contributed by atoms with Gasteiger partial charge in [0.15, 0.2) is 0 Å². The molecule has 0 aromatic carbocycles. The number of nitrogens with one attached hydrogen (secondary N) is 2. The maximum atomic E-state index is 11.3. The highest BCUT2D eigenvalue weighted by Gasteiger charge is 2.25. The molecule has 1 aromatic heterocycles. The molecule has 0 radical (unpaired) electrons. The molecule has 1 aliphatic heterocycles. The van der Waals surface area contributed by atoms with Crippen molar-refractivity contribution in [2.75, 3.05) is 19.7 Å². The molecule has 1 amide bonds. The normalized spacial score (nSPS) is 19.8. The molecule has 1 atom stereocenters. The van der Waals surface area contributed by atoms with Crippen molar-refractivity contribution >= 4 is 11.9 Å². The van der Waals surface area contributed by atoms with E-state index in [9.17, 15) is 9.59 Å². The van der Waals surface area contributed by atoms with E-state index >= 15 is 0 Å². The van der Waals surface area contributed by atoms with Crippen molar-refractivity contribution in [2.24, 2.45) is 0 Å². The van der Waals surface area contributed by atoms with Crippen LogP contribution in [0.3, 0.4) is 0 Å². The van der Waals surface area contributed by atoms with Crippen molar-refractivity contribution < 1.29 is 18.8 Å². The quantitative estimate of drug-likeness (QED) is 0.653. The Morgan fingerprint density at radius 1 is 1.65 bits per heavy atom. The number of hydrogen-bond acceptors (Lipinski definition) is 7. The molecular formula is C9H12N4O4. The summed E-state index contributed by atoms with van der Waals surface area (Å²) in [7, 11) is 0. The summed E-state index contributed by atoms with van der Waals surface area (Å²) in [6.45, 7) is 2.47. The number of rotatable bonds is 3. The Kier molecular flexibility index (Phi) is 3.33. The summed E-state index contributed by atoms with van der Waals surface area (Å²) < 4.78 is 9.66. The van der Waals surface area contributed by atoms with Gasteiger partial charge in [0.05, 0.1) is 13.2 Å². The van der Waals surface area contributed by atoms with Gasteiger partial charge in [-0.1, -0.05) is 0 Å². The molecule has 2 rings (SSSR count). The van der Waals surface area contributed by atoms with Crippen LogP contribution in [0.1, 0.15) is 29.5 Å². The topological polar surface area (TPSA) is 106 Å². The Morgan fingerprint density at radius 3 is 3.12 bits per heavy atom. The Bertz CT molecular complexity index is 420. The molecule has 8 heteroatoms. The van der Waals surface area contributed by atoms with Crippen molar-refractivity contribution in [1.29, 1.82) is 0 Å². The first-order valence-electron chi connectivity index (χ1n) is 5.21. The smallest absolute Gasteiger partial charge is 0.379 e. The van der Waals surface area contributed by atoms with Gasteiger partial charge in [0.1, 0.15) is 6.04 Å². The number of ether oxygens (including phenoxy) is 1. The van der Waals surface area contributed by atoms with Gasteiger partial charge >= 0.3 is 5.97 Å². The number of aromatic nitrogens is 2. The first-order valence-corrected chi connectivity index (χ1v) is 5.21. The van der Waals surface area contributed by atoms with E-state index in [1.807, 2.05) is 0 Å². The lowest BCUT2D eigenvalue weighted by Gasteiger charge is -2.20. The van der Waals surface area contributed by atoms with Gasteiger partial charge < -0.3 is 14.6 Å². The minimum atomic E-state index is -0.623. The molecule has 0 bridgehead atoms. The largest absolute Gasteiger partial charge is 0.460 e. The minimum absolute atomic E-state index is 0.0913. The predicted octanol–water partition coefficient (Wildman–Crippen LogP) is -0.993. The van der Waals surface area contributed by atoms with Crippen molar-refractivity contribution in [3.63, 3.8) is 0 Å². The highest BCUT2D eigenvalue weighted by atomic mass is 16.5. The molecule has 1 fully saturated rings. The molecular weight excluding hydrogens is 228 g/mol. The van der Waals surface area contributed by atoms with Gasteiger partial charge in [-0.15, -0.1) is 0 Å². The van der Waals surface area contributed by atoms with Crippen molar-refractivity contribution in [2.45, 2.75) is 13.0 Å². The van der Waals surface area contributed by atoms with Gasteiger partial charge in [-0.25, -0.2) is 4.79 Å². The molecule has 92 valence electrons. The second kappa shape index (κ2) is 4.91. The van der Waals surface area contributed by atoms with Crippen LogP contribution >= 0.6 is 0 Å². The average molecular weight is 240 g/mol. The molecule has 0 saturated carbocycles. The number of esters is 1. The summed E-state index contributed by atoms with van der Waals surface area (Å²) in [6, 6.07) is -0.275. The van der Waals surface area contributed by atoms with E-state index in [4.69, 9.17) is 9.26 Å². The fraction of sp³-hybridized carbons (Fsp3) is 0.556. The van der Waals surface area contributed by atoms with E-state index < -0.39 is 5.97 Å². The lowest BCUT2D eigenvalue weighted by molar-refractivity contribution is -0.121. The molecule has 0 spiro atoms. The third kappa shape index (κ3) is 2.59. The van der Waals surface area contributed by atoms with Crippen LogP contribution in [0.15, 0.2) is 4.52 Å². The molecule has 8 nitrogen and oxygen atoms in total. The zero-order valence-corrected chi connectivity index (χ0v) is 9.23. The summed E-state index contributed by atoms with van der Waals surface area (Å²) in [4.78, 5) is 26.1. The average Bonchev–Trinajstić information content (AvgIpc) is 2.80. The van der Waals surface area contributed by atoms with Crippen LogP contribution in [0, 0.1) is 0 Å². The van der Waals surface area contributed by atoms with Crippen molar-refractivity contribution in [1.82, 2.24) is 20.8 Å². The second-order valence-electron chi connectivity index (χ2n) is 3.41. The lowest BCUT2D eigenvalue weighted by Crippen LogP contribution is -2.47. The molecule has 2 heterocycles. The van der Waals surface area contributed by atoms with Gasteiger partial charge in [-0.3, -0.25) is 10.1 Å². The van der Waals surface area contributed by atoms with E-state index in [2.05, 4.69) is 20.8 Å². The Labute approximate surface area is 96.7 Å². The van der Waals surface area contributed by atoms with Gasteiger partial charge in [0.25, 0.3) is 5.82 Å². The highest BCUT2D eigenvalue weighted by Crippen LogP contribution is 2.11. The number of carbonyl (C=O) groups is 2. The van der Waals surface area contributed by atoms with Gasteiger partial charge in [-0.05, 0) is 12.1 Å². The summed E-state index contributed by atoms with van der Waals surface area (Å²) >= 11 is 0. The third-order valence-electron chi connectivity index (χ3n) is 2.21. The van der Waals surface area contributed by atoms with E-state index in [1.165, 1.54) is 0 Å². The zero-order valence-electron chi connectivity index (χ0n) is 9.23. The molecule has 2 N–H and O–H groups in total. The maximum absolute atomic E-state index is 11.3. The number of hydrogen-bond donors (Lipinski definition) is 2. The fourth-order valence-electron chi connectivity index (χ4n) is 1.40. The first kappa shape index (κ1) is 11.5. The van der Waals surface area contributed by atoms with Crippen molar-refractivity contribution in [3.8, 4) is 0 Å².